The Hall–Kier alpha value is -1.87. The first-order valence-corrected chi connectivity index (χ1v) is 12.2. The fraction of sp³-hybridized carbons (Fsp3) is 0.607. The Bertz CT molecular complexity index is 943. The molecule has 31 heavy (non-hydrogen) atoms. The number of benzene rings is 1. The van der Waals surface area contributed by atoms with Crippen LogP contribution in [-0.2, 0) is 4.79 Å². The molecule has 4 aliphatic rings. The Kier molecular flexibility index (Phi) is 5.16. The molecular formula is C28H36O3. The SMILES string of the molecule is C/C=C/[C@]1(O)CC[C@H]2[C@@H]3CCC4=C(C(=O)CCC4)[C@H]3[C@@H](c3cccc(OC)c3)C[C@@]21C. The zero-order valence-electron chi connectivity index (χ0n) is 19.2. The van der Waals surface area contributed by atoms with Gasteiger partial charge in [-0.1, -0.05) is 36.8 Å². The lowest BCUT2D eigenvalue weighted by molar-refractivity contribution is -0.119. The van der Waals surface area contributed by atoms with Gasteiger partial charge in [0.05, 0.1) is 12.7 Å². The average Bonchev–Trinajstić information content (AvgIpc) is 3.04. The van der Waals surface area contributed by atoms with Crippen molar-refractivity contribution >= 4 is 5.78 Å². The molecule has 0 heterocycles. The van der Waals surface area contributed by atoms with Gasteiger partial charge in [0.15, 0.2) is 5.78 Å². The summed E-state index contributed by atoms with van der Waals surface area (Å²) in [5.41, 5.74) is 2.94. The molecule has 5 rings (SSSR count). The first kappa shape index (κ1) is 21.0. The first-order chi connectivity index (χ1) is 14.9. The van der Waals surface area contributed by atoms with Crippen LogP contribution in [0.2, 0.25) is 0 Å². The number of fused-ring (bicyclic) bond motifs is 4. The maximum atomic E-state index is 13.2. The highest BCUT2D eigenvalue weighted by Crippen LogP contribution is 2.67. The van der Waals surface area contributed by atoms with Gasteiger partial charge in [-0.15, -0.1) is 0 Å². The monoisotopic (exact) mass is 420 g/mol. The van der Waals surface area contributed by atoms with Crippen LogP contribution < -0.4 is 4.74 Å². The van der Waals surface area contributed by atoms with Gasteiger partial charge < -0.3 is 9.84 Å². The molecule has 1 aromatic rings. The molecule has 0 unspecified atom stereocenters. The van der Waals surface area contributed by atoms with Crippen LogP contribution in [0.15, 0.2) is 47.6 Å². The maximum absolute atomic E-state index is 13.2. The molecule has 2 fully saturated rings. The van der Waals surface area contributed by atoms with E-state index in [4.69, 9.17) is 4.74 Å². The van der Waals surface area contributed by atoms with Crippen LogP contribution in [0, 0.1) is 23.2 Å². The molecule has 0 aromatic heterocycles. The van der Waals surface area contributed by atoms with Crippen molar-refractivity contribution in [1.82, 2.24) is 0 Å². The van der Waals surface area contributed by atoms with Crippen molar-refractivity contribution < 1.29 is 14.6 Å². The summed E-state index contributed by atoms with van der Waals surface area (Å²) in [4.78, 5) is 13.2. The van der Waals surface area contributed by atoms with E-state index in [2.05, 4.69) is 31.2 Å². The van der Waals surface area contributed by atoms with Crippen molar-refractivity contribution in [2.24, 2.45) is 23.2 Å². The molecule has 1 N–H and O–H groups in total. The molecule has 0 aliphatic heterocycles. The molecule has 0 amide bonds. The normalized spacial score (nSPS) is 39.9. The molecule has 0 radical (unpaired) electrons. The number of hydrogen-bond donors (Lipinski definition) is 1. The summed E-state index contributed by atoms with van der Waals surface area (Å²) in [6.07, 6.45) is 11.9. The molecule has 1 aromatic carbocycles. The summed E-state index contributed by atoms with van der Waals surface area (Å²) in [7, 11) is 1.72. The van der Waals surface area contributed by atoms with Crippen molar-refractivity contribution in [3.8, 4) is 5.75 Å². The molecule has 3 heteroatoms. The molecule has 4 aliphatic carbocycles. The summed E-state index contributed by atoms with van der Waals surface area (Å²) in [6, 6.07) is 8.44. The van der Waals surface area contributed by atoms with Gasteiger partial charge in [-0.2, -0.15) is 0 Å². The smallest absolute Gasteiger partial charge is 0.159 e. The number of allylic oxidation sites excluding steroid dienone is 3. The van der Waals surface area contributed by atoms with E-state index in [1.54, 1.807) is 7.11 Å². The Balaban J connectivity index is 1.66. The second-order valence-electron chi connectivity index (χ2n) is 10.6. The number of hydrogen-bond acceptors (Lipinski definition) is 3. The molecule has 0 saturated heterocycles. The second-order valence-corrected chi connectivity index (χ2v) is 10.6. The summed E-state index contributed by atoms with van der Waals surface area (Å²) in [5.74, 6) is 2.73. The van der Waals surface area contributed by atoms with E-state index in [9.17, 15) is 9.90 Å². The number of carbonyl (C=O) groups is 1. The number of ketones is 1. The third kappa shape index (κ3) is 3.07. The van der Waals surface area contributed by atoms with Crippen LogP contribution >= 0.6 is 0 Å². The predicted molar refractivity (Wildman–Crippen MR) is 123 cm³/mol. The van der Waals surface area contributed by atoms with Gasteiger partial charge >= 0.3 is 0 Å². The number of ether oxygens (including phenoxy) is 1. The minimum atomic E-state index is -0.764. The van der Waals surface area contributed by atoms with Crippen molar-refractivity contribution in [3.05, 3.63) is 53.1 Å². The van der Waals surface area contributed by atoms with Gasteiger partial charge in [0.2, 0.25) is 0 Å². The minimum absolute atomic E-state index is 0.176. The molecule has 166 valence electrons. The minimum Gasteiger partial charge on any atom is -0.497 e. The number of carbonyl (C=O) groups excluding carboxylic acids is 1. The fourth-order valence-corrected chi connectivity index (χ4v) is 7.94. The highest BCUT2D eigenvalue weighted by Gasteiger charge is 2.63. The molecule has 0 spiro atoms. The summed E-state index contributed by atoms with van der Waals surface area (Å²) in [5, 5.41) is 11.8. The van der Waals surface area contributed by atoms with Gasteiger partial charge in [0.1, 0.15) is 5.75 Å². The topological polar surface area (TPSA) is 46.5 Å². The zero-order chi connectivity index (χ0) is 21.8. The van der Waals surface area contributed by atoms with E-state index >= 15 is 0 Å². The van der Waals surface area contributed by atoms with Crippen molar-refractivity contribution in [2.45, 2.75) is 76.7 Å². The molecular weight excluding hydrogens is 384 g/mol. The average molecular weight is 421 g/mol. The Labute approximate surface area is 186 Å². The fourth-order valence-electron chi connectivity index (χ4n) is 7.94. The number of aliphatic hydroxyl groups is 1. The van der Waals surface area contributed by atoms with Crippen LogP contribution in [-0.4, -0.2) is 23.6 Å². The molecule has 0 bridgehead atoms. The lowest BCUT2D eigenvalue weighted by atomic mass is 9.48. The van der Waals surface area contributed by atoms with Crippen molar-refractivity contribution in [2.75, 3.05) is 7.11 Å². The molecule has 3 nitrogen and oxygen atoms in total. The van der Waals surface area contributed by atoms with Gasteiger partial charge in [0, 0.05) is 11.8 Å². The van der Waals surface area contributed by atoms with Crippen LogP contribution in [0.1, 0.15) is 76.7 Å². The highest BCUT2D eigenvalue weighted by molar-refractivity contribution is 5.98. The maximum Gasteiger partial charge on any atom is 0.159 e. The molecule has 2 saturated carbocycles. The highest BCUT2D eigenvalue weighted by atomic mass is 16.5. The molecule has 6 atom stereocenters. The van der Waals surface area contributed by atoms with Gasteiger partial charge in [-0.05, 0) is 98.8 Å². The van der Waals surface area contributed by atoms with Crippen LogP contribution in [0.5, 0.6) is 5.75 Å². The Morgan fingerprint density at radius 1 is 1.19 bits per heavy atom. The van der Waals surface area contributed by atoms with E-state index in [1.165, 1.54) is 16.7 Å². The lowest BCUT2D eigenvalue weighted by Gasteiger charge is -2.56. The standard InChI is InChI=1S/C28H36O3/c1-4-14-28(30)15-13-23-21-12-11-18-7-6-10-24(29)25(18)26(21)22(17-27(23,28)2)19-8-5-9-20(16-19)31-3/h4-5,8-9,14,16,21-23,26,30H,6-7,10-13,15,17H2,1-3H3/b14-4+/t21-,22+,23-,26+,27-,28-/m0/s1. The predicted octanol–water partition coefficient (Wildman–Crippen LogP) is 5.98. The van der Waals surface area contributed by atoms with Crippen molar-refractivity contribution in [1.29, 1.82) is 0 Å². The second kappa shape index (κ2) is 7.62. The van der Waals surface area contributed by atoms with E-state index in [0.29, 0.717) is 24.0 Å². The first-order valence-electron chi connectivity index (χ1n) is 12.2. The van der Waals surface area contributed by atoms with E-state index in [0.717, 1.165) is 50.7 Å². The van der Waals surface area contributed by atoms with Gasteiger partial charge in [-0.3, -0.25) is 4.79 Å². The number of methoxy groups -OCH3 is 1. The zero-order valence-corrected chi connectivity index (χ0v) is 19.2. The van der Waals surface area contributed by atoms with Crippen LogP contribution in [0.25, 0.3) is 0 Å². The van der Waals surface area contributed by atoms with E-state index in [-0.39, 0.29) is 17.3 Å². The van der Waals surface area contributed by atoms with Crippen molar-refractivity contribution in [3.63, 3.8) is 0 Å². The third-order valence-electron chi connectivity index (χ3n) is 9.34. The Morgan fingerprint density at radius 3 is 2.81 bits per heavy atom. The number of Topliss-reactive ketones (excluding diaryl/α,β-unsaturated/α-hetero) is 1. The van der Waals surface area contributed by atoms with Crippen LogP contribution in [0.3, 0.4) is 0 Å². The number of rotatable bonds is 3. The van der Waals surface area contributed by atoms with E-state index < -0.39 is 5.60 Å². The van der Waals surface area contributed by atoms with E-state index in [1.807, 2.05) is 19.1 Å². The largest absolute Gasteiger partial charge is 0.497 e. The van der Waals surface area contributed by atoms with Gasteiger partial charge in [0.25, 0.3) is 0 Å². The lowest BCUT2D eigenvalue weighted by Crippen LogP contribution is -2.53. The van der Waals surface area contributed by atoms with Crippen LogP contribution in [0.4, 0.5) is 0 Å². The quantitative estimate of drug-likeness (QED) is 0.612. The Morgan fingerprint density at radius 2 is 2.03 bits per heavy atom. The van der Waals surface area contributed by atoms with Gasteiger partial charge in [-0.25, -0.2) is 0 Å². The summed E-state index contributed by atoms with van der Waals surface area (Å²) >= 11 is 0. The summed E-state index contributed by atoms with van der Waals surface area (Å²) < 4.78 is 5.56. The summed E-state index contributed by atoms with van der Waals surface area (Å²) in [6.45, 7) is 4.33. The third-order valence-corrected chi connectivity index (χ3v) is 9.34.